The van der Waals surface area contributed by atoms with Gasteiger partial charge < -0.3 is 9.84 Å². The van der Waals surface area contributed by atoms with Crippen molar-refractivity contribution < 1.29 is 14.6 Å². The molecule has 0 amide bonds. The Morgan fingerprint density at radius 2 is 2.12 bits per heavy atom. The van der Waals surface area contributed by atoms with Gasteiger partial charge in [-0.3, -0.25) is 0 Å². The van der Waals surface area contributed by atoms with Crippen LogP contribution in [-0.4, -0.2) is 15.4 Å². The average Bonchev–Trinajstić information content (AvgIpc) is 2.76. The molecule has 1 N–H and O–H groups in total. The third-order valence-electron chi connectivity index (χ3n) is 1.90. The van der Waals surface area contributed by atoms with Gasteiger partial charge in [0.05, 0.1) is 5.69 Å². The molecule has 0 radical (unpaired) electrons. The number of nitrogens with zero attached hydrogens (tertiary/aromatic N) is 1. The molecule has 2 aromatic rings. The Balaban J connectivity index is 1.97. The van der Waals surface area contributed by atoms with Gasteiger partial charge in [0.25, 0.3) is 0 Å². The van der Waals surface area contributed by atoms with Crippen LogP contribution in [0.2, 0.25) is 0 Å². The SMILES string of the molecule is O=C(O)c1cc(COc2ccccc2)ns1. The highest BCUT2D eigenvalue weighted by atomic mass is 32.1. The van der Waals surface area contributed by atoms with Gasteiger partial charge >= 0.3 is 5.97 Å². The fraction of sp³-hybridized carbons (Fsp3) is 0.0909. The van der Waals surface area contributed by atoms with Gasteiger partial charge in [-0.1, -0.05) is 18.2 Å². The first-order valence-corrected chi connectivity index (χ1v) is 5.40. The fourth-order valence-electron chi connectivity index (χ4n) is 1.15. The average molecular weight is 235 g/mol. The van der Waals surface area contributed by atoms with Crippen molar-refractivity contribution in [2.45, 2.75) is 6.61 Å². The lowest BCUT2D eigenvalue weighted by atomic mass is 10.3. The van der Waals surface area contributed by atoms with Gasteiger partial charge in [-0.15, -0.1) is 0 Å². The first-order chi connectivity index (χ1) is 7.75. The van der Waals surface area contributed by atoms with E-state index >= 15 is 0 Å². The van der Waals surface area contributed by atoms with E-state index in [4.69, 9.17) is 9.84 Å². The summed E-state index contributed by atoms with van der Waals surface area (Å²) in [5.74, 6) is -0.212. The molecule has 82 valence electrons. The summed E-state index contributed by atoms with van der Waals surface area (Å²) in [5, 5.41) is 8.71. The summed E-state index contributed by atoms with van der Waals surface area (Å²) in [6.07, 6.45) is 0. The molecule has 0 saturated carbocycles. The summed E-state index contributed by atoms with van der Waals surface area (Å²) in [5.41, 5.74) is 0.631. The standard InChI is InChI=1S/C11H9NO3S/c13-11(14)10-6-8(12-16-10)7-15-9-4-2-1-3-5-9/h1-6H,7H2,(H,13,14). The molecular formula is C11H9NO3S. The van der Waals surface area contributed by atoms with Crippen LogP contribution in [0.5, 0.6) is 5.75 Å². The number of benzene rings is 1. The van der Waals surface area contributed by atoms with E-state index in [-0.39, 0.29) is 11.5 Å². The van der Waals surface area contributed by atoms with E-state index in [0.29, 0.717) is 5.69 Å². The van der Waals surface area contributed by atoms with Crippen LogP contribution in [0.3, 0.4) is 0 Å². The lowest BCUT2D eigenvalue weighted by molar-refractivity contribution is 0.0702. The van der Waals surface area contributed by atoms with Crippen LogP contribution in [0.1, 0.15) is 15.4 Å². The van der Waals surface area contributed by atoms with Crippen LogP contribution in [0.15, 0.2) is 36.4 Å². The molecule has 5 heteroatoms. The monoisotopic (exact) mass is 235 g/mol. The van der Waals surface area contributed by atoms with Gasteiger partial charge in [0.1, 0.15) is 17.2 Å². The largest absolute Gasteiger partial charge is 0.487 e. The number of aromatic nitrogens is 1. The Labute approximate surface area is 96.3 Å². The van der Waals surface area contributed by atoms with Crippen LogP contribution in [0.25, 0.3) is 0 Å². The molecule has 0 aliphatic rings. The lowest BCUT2D eigenvalue weighted by Gasteiger charge is -2.02. The van der Waals surface area contributed by atoms with Crippen molar-refractivity contribution in [1.82, 2.24) is 4.37 Å². The molecular weight excluding hydrogens is 226 g/mol. The zero-order valence-electron chi connectivity index (χ0n) is 8.29. The summed E-state index contributed by atoms with van der Waals surface area (Å²) in [4.78, 5) is 10.8. The first kappa shape index (κ1) is 10.6. The smallest absolute Gasteiger partial charge is 0.347 e. The van der Waals surface area contributed by atoms with Crippen molar-refractivity contribution in [2.24, 2.45) is 0 Å². The highest BCUT2D eigenvalue weighted by molar-refractivity contribution is 7.08. The summed E-state index contributed by atoms with van der Waals surface area (Å²) < 4.78 is 9.42. The Hall–Kier alpha value is -1.88. The number of hydrogen-bond acceptors (Lipinski definition) is 4. The number of para-hydroxylation sites is 1. The number of carbonyl (C=O) groups is 1. The number of aromatic carboxylic acids is 1. The van der Waals surface area contributed by atoms with Gasteiger partial charge in [0, 0.05) is 0 Å². The Bertz CT molecular complexity index is 481. The highest BCUT2D eigenvalue weighted by Crippen LogP contribution is 2.14. The lowest BCUT2D eigenvalue weighted by Crippen LogP contribution is -1.95. The number of hydrogen-bond donors (Lipinski definition) is 1. The second kappa shape index (κ2) is 4.76. The quantitative estimate of drug-likeness (QED) is 0.884. The molecule has 0 fully saturated rings. The maximum atomic E-state index is 10.6. The molecule has 0 spiro atoms. The van der Waals surface area contributed by atoms with Crippen molar-refractivity contribution in [1.29, 1.82) is 0 Å². The van der Waals surface area contributed by atoms with Crippen molar-refractivity contribution in [3.05, 3.63) is 47.0 Å². The number of carboxylic acid groups (broad SMARTS) is 1. The van der Waals surface area contributed by atoms with E-state index in [1.165, 1.54) is 6.07 Å². The predicted octanol–water partition coefficient (Wildman–Crippen LogP) is 2.42. The summed E-state index contributed by atoms with van der Waals surface area (Å²) in [7, 11) is 0. The molecule has 0 aliphatic carbocycles. The molecule has 1 heterocycles. The van der Waals surface area contributed by atoms with Gasteiger partial charge in [-0.05, 0) is 29.7 Å². The number of ether oxygens (including phenoxy) is 1. The normalized spacial score (nSPS) is 10.0. The van der Waals surface area contributed by atoms with Crippen LogP contribution in [-0.2, 0) is 6.61 Å². The number of rotatable bonds is 4. The van der Waals surface area contributed by atoms with Crippen molar-refractivity contribution >= 4 is 17.5 Å². The maximum absolute atomic E-state index is 10.6. The molecule has 4 nitrogen and oxygen atoms in total. The molecule has 2 rings (SSSR count). The Morgan fingerprint density at radius 1 is 1.38 bits per heavy atom. The zero-order chi connectivity index (χ0) is 11.4. The van der Waals surface area contributed by atoms with Gasteiger partial charge in [-0.2, -0.15) is 4.37 Å². The molecule has 1 aromatic heterocycles. The van der Waals surface area contributed by atoms with Crippen molar-refractivity contribution in [2.75, 3.05) is 0 Å². The minimum atomic E-state index is -0.955. The summed E-state index contributed by atoms with van der Waals surface area (Å²) in [6.45, 7) is 0.286. The minimum absolute atomic E-state index is 0.228. The topological polar surface area (TPSA) is 59.4 Å². The molecule has 0 aliphatic heterocycles. The summed E-state index contributed by atoms with van der Waals surface area (Å²) >= 11 is 0.963. The molecule has 0 unspecified atom stereocenters. The van der Waals surface area contributed by atoms with Gasteiger partial charge in [0.2, 0.25) is 0 Å². The highest BCUT2D eigenvalue weighted by Gasteiger charge is 2.08. The van der Waals surface area contributed by atoms with Crippen molar-refractivity contribution in [3.63, 3.8) is 0 Å². The Kier molecular flexibility index (Phi) is 3.16. The zero-order valence-corrected chi connectivity index (χ0v) is 9.11. The fourth-order valence-corrected chi connectivity index (χ4v) is 1.74. The molecule has 0 atom stereocenters. The van der Waals surface area contributed by atoms with Gasteiger partial charge in [-0.25, -0.2) is 4.79 Å². The van der Waals surface area contributed by atoms with E-state index in [1.807, 2.05) is 30.3 Å². The second-order valence-electron chi connectivity index (χ2n) is 3.09. The van der Waals surface area contributed by atoms with E-state index in [1.54, 1.807) is 0 Å². The molecule has 0 saturated heterocycles. The van der Waals surface area contributed by atoms with Crippen LogP contribution in [0, 0.1) is 0 Å². The Morgan fingerprint density at radius 3 is 2.75 bits per heavy atom. The molecule has 16 heavy (non-hydrogen) atoms. The van der Waals surface area contributed by atoms with Crippen LogP contribution < -0.4 is 4.74 Å². The third-order valence-corrected chi connectivity index (χ3v) is 2.71. The summed E-state index contributed by atoms with van der Waals surface area (Å²) in [6, 6.07) is 10.8. The van der Waals surface area contributed by atoms with E-state index in [2.05, 4.69) is 4.37 Å². The van der Waals surface area contributed by atoms with Crippen molar-refractivity contribution in [3.8, 4) is 5.75 Å². The van der Waals surface area contributed by atoms with Crippen LogP contribution >= 0.6 is 11.5 Å². The molecule has 0 bridgehead atoms. The third kappa shape index (κ3) is 2.58. The molecule has 1 aromatic carbocycles. The first-order valence-electron chi connectivity index (χ1n) is 4.62. The predicted molar refractivity (Wildman–Crippen MR) is 59.8 cm³/mol. The second-order valence-corrected chi connectivity index (χ2v) is 3.89. The maximum Gasteiger partial charge on any atom is 0.347 e. The van der Waals surface area contributed by atoms with E-state index in [0.717, 1.165) is 17.3 Å². The number of carboxylic acids is 1. The van der Waals surface area contributed by atoms with Gasteiger partial charge in [0.15, 0.2) is 0 Å². The van der Waals surface area contributed by atoms with E-state index < -0.39 is 5.97 Å². The van der Waals surface area contributed by atoms with E-state index in [9.17, 15) is 4.79 Å². The van der Waals surface area contributed by atoms with Crippen LogP contribution in [0.4, 0.5) is 0 Å². The minimum Gasteiger partial charge on any atom is -0.487 e.